The molecule has 0 aromatic carbocycles. The molecule has 0 aliphatic heterocycles. The molecule has 5 nitrogen and oxygen atoms in total. The summed E-state index contributed by atoms with van der Waals surface area (Å²) in [7, 11) is -2.15. The minimum atomic E-state index is -2.15. The van der Waals surface area contributed by atoms with Crippen LogP contribution in [-0.2, 0) is 19.8 Å². The van der Waals surface area contributed by atoms with Crippen LogP contribution in [-0.4, -0.2) is 26.4 Å². The van der Waals surface area contributed by atoms with Gasteiger partial charge in [-0.25, -0.2) is 0 Å². The van der Waals surface area contributed by atoms with Gasteiger partial charge in [0, 0.05) is 18.7 Å². The van der Waals surface area contributed by atoms with Crippen molar-refractivity contribution >= 4 is 21.6 Å². The van der Waals surface area contributed by atoms with E-state index in [1.807, 2.05) is 0 Å². The summed E-state index contributed by atoms with van der Waals surface area (Å²) in [6.07, 6.45) is 0.246. The van der Waals surface area contributed by atoms with Crippen LogP contribution in [0, 0.1) is 0 Å². The average Bonchev–Trinajstić information content (AvgIpc) is 1.79. The van der Waals surface area contributed by atoms with Crippen molar-refractivity contribution in [2.45, 2.75) is 13.3 Å². The minimum absolute atomic E-state index is 0. The van der Waals surface area contributed by atoms with Crippen LogP contribution in [0.15, 0.2) is 0 Å². The monoisotopic (exact) mass is 181 g/mol. The lowest BCUT2D eigenvalue weighted by atomic mass is 10.5. The highest BCUT2D eigenvalue weighted by Crippen LogP contribution is 1.78. The Kier molecular flexibility index (Phi) is 8.39. The van der Waals surface area contributed by atoms with Crippen molar-refractivity contribution in [2.75, 3.05) is 6.61 Å². The highest BCUT2D eigenvalue weighted by atomic mass is 32.2. The van der Waals surface area contributed by atoms with Gasteiger partial charge in [0.15, 0.2) is 0 Å². The lowest BCUT2D eigenvalue weighted by molar-refractivity contribution is -0.140. The first-order valence-electron chi connectivity index (χ1n) is 2.67. The van der Waals surface area contributed by atoms with Crippen molar-refractivity contribution < 1.29 is 17.9 Å². The molecule has 0 aliphatic rings. The van der Waals surface area contributed by atoms with Crippen molar-refractivity contribution in [3.63, 3.8) is 0 Å². The summed E-state index contributed by atoms with van der Waals surface area (Å²) in [6, 6.07) is 0. The second-order valence-corrected chi connectivity index (χ2v) is 2.41. The van der Waals surface area contributed by atoms with Gasteiger partial charge in [-0.3, -0.25) is 4.79 Å². The molecule has 11 heavy (non-hydrogen) atoms. The molecular weight excluding hydrogens is 170 g/mol. The van der Waals surface area contributed by atoms with Crippen LogP contribution in [0.5, 0.6) is 0 Å². The van der Waals surface area contributed by atoms with E-state index in [4.69, 9.17) is 0 Å². The number of ether oxygens (including phenoxy) is 1. The van der Waals surface area contributed by atoms with Gasteiger partial charge in [0.1, 0.15) is 0 Å². The Morgan fingerprint density at radius 2 is 2.09 bits per heavy atom. The van der Waals surface area contributed by atoms with E-state index in [-0.39, 0.29) is 19.2 Å². The molecule has 0 heterocycles. The van der Waals surface area contributed by atoms with Crippen LogP contribution < -0.4 is 6.15 Å². The number of hydrogen-bond acceptors (Lipinski definition) is 5. The smallest absolute Gasteiger partial charge is 0.302 e. The summed E-state index contributed by atoms with van der Waals surface area (Å²) in [5, 5.41) is 1.04. The summed E-state index contributed by atoms with van der Waals surface area (Å²) >= 11 is 0. The van der Waals surface area contributed by atoms with E-state index in [0.717, 1.165) is 5.37 Å². The van der Waals surface area contributed by atoms with Gasteiger partial charge in [-0.15, -0.1) is 0 Å². The lowest BCUT2D eigenvalue weighted by Gasteiger charge is -1.94. The van der Waals surface area contributed by atoms with Gasteiger partial charge in [-0.1, -0.05) is 0 Å². The van der Waals surface area contributed by atoms with E-state index in [1.165, 1.54) is 6.92 Å². The van der Waals surface area contributed by atoms with Crippen molar-refractivity contribution in [1.29, 1.82) is 0 Å². The summed E-state index contributed by atoms with van der Waals surface area (Å²) in [4.78, 5) is 10.1. The fourth-order valence-electron chi connectivity index (χ4n) is 0.347. The Balaban J connectivity index is 0. The number of hydrogen-bond donors (Lipinski definition) is 1. The molecule has 0 bridgehead atoms. The van der Waals surface area contributed by atoms with Crippen LogP contribution in [0.2, 0.25) is 0 Å². The van der Waals surface area contributed by atoms with Crippen LogP contribution in [0.1, 0.15) is 13.3 Å². The van der Waals surface area contributed by atoms with Gasteiger partial charge in [-0.05, 0) is 0 Å². The second kappa shape index (κ2) is 7.23. The first-order valence-corrected chi connectivity index (χ1v) is 3.81. The third kappa shape index (κ3) is 12.3. The second-order valence-electron chi connectivity index (χ2n) is 1.56. The van der Waals surface area contributed by atoms with Gasteiger partial charge < -0.3 is 10.9 Å². The molecule has 0 atom stereocenters. The third-order valence-electron chi connectivity index (χ3n) is 0.677. The summed E-state index contributed by atoms with van der Waals surface area (Å²) in [5.41, 5.74) is 0. The van der Waals surface area contributed by atoms with Crippen LogP contribution in [0.3, 0.4) is 0 Å². The fraction of sp³-hybridized carbons (Fsp3) is 0.600. The highest BCUT2D eigenvalue weighted by molar-refractivity contribution is 7.71. The molecule has 3 N–H and O–H groups in total. The number of carbonyl (C=O) groups is 1. The Hall–Kier alpha value is -0.880. The first kappa shape index (κ1) is 12.8. The summed E-state index contributed by atoms with van der Waals surface area (Å²) < 4.78 is 24.1. The van der Waals surface area contributed by atoms with Crippen molar-refractivity contribution in [2.24, 2.45) is 0 Å². The van der Waals surface area contributed by atoms with Gasteiger partial charge in [-0.2, -0.15) is 8.42 Å². The zero-order valence-electron chi connectivity index (χ0n) is 6.24. The largest absolute Gasteiger partial charge is 0.466 e. The van der Waals surface area contributed by atoms with Crippen LogP contribution >= 0.6 is 0 Å². The Morgan fingerprint density at radius 1 is 1.55 bits per heavy atom. The average molecular weight is 181 g/mol. The molecule has 0 saturated carbocycles. The van der Waals surface area contributed by atoms with Crippen molar-refractivity contribution in [3.8, 4) is 0 Å². The molecule has 0 amide bonds. The molecule has 0 fully saturated rings. The lowest BCUT2D eigenvalue weighted by Crippen LogP contribution is -2.00. The fourth-order valence-corrected chi connectivity index (χ4v) is 0.636. The van der Waals surface area contributed by atoms with Crippen molar-refractivity contribution in [3.05, 3.63) is 0 Å². The normalized spacial score (nSPS) is 7.73. The number of carbonyl (C=O) groups excluding carboxylic acids is 1. The Morgan fingerprint density at radius 3 is 2.45 bits per heavy atom. The minimum Gasteiger partial charge on any atom is -0.466 e. The maximum absolute atomic E-state index is 10.1. The van der Waals surface area contributed by atoms with E-state index in [1.54, 1.807) is 0 Å². The number of esters is 1. The standard InChI is InChI=1S/C5H8O4S.H3N/c1-5(6)9-3-2-4-10(7)8;/h4H,2-3H2,1H3;1H3. The van der Waals surface area contributed by atoms with E-state index < -0.39 is 16.3 Å². The van der Waals surface area contributed by atoms with E-state index in [2.05, 4.69) is 4.74 Å². The van der Waals surface area contributed by atoms with E-state index in [9.17, 15) is 13.2 Å². The quantitative estimate of drug-likeness (QED) is 0.369. The molecule has 0 aromatic heterocycles. The van der Waals surface area contributed by atoms with Crippen LogP contribution in [0.25, 0.3) is 0 Å². The molecule has 0 radical (unpaired) electrons. The van der Waals surface area contributed by atoms with E-state index in [0.29, 0.717) is 0 Å². The Labute approximate surface area is 66.5 Å². The molecule has 0 aliphatic carbocycles. The van der Waals surface area contributed by atoms with Crippen LogP contribution in [0.4, 0.5) is 0 Å². The molecule has 0 rings (SSSR count). The zero-order valence-corrected chi connectivity index (χ0v) is 7.06. The topological polar surface area (TPSA) is 95.4 Å². The molecule has 0 unspecified atom stereocenters. The SMILES string of the molecule is CC(=O)OCCC=S(=O)=O.N. The molecule has 66 valence electrons. The molecule has 0 aromatic rings. The number of rotatable bonds is 3. The highest BCUT2D eigenvalue weighted by Gasteiger charge is 1.88. The zero-order chi connectivity index (χ0) is 7.98. The maximum Gasteiger partial charge on any atom is 0.302 e. The van der Waals surface area contributed by atoms with Gasteiger partial charge >= 0.3 is 5.97 Å². The molecule has 6 heteroatoms. The Bertz CT molecular complexity index is 223. The molecule has 0 saturated heterocycles. The van der Waals surface area contributed by atoms with Gasteiger partial charge in [0.25, 0.3) is 0 Å². The summed E-state index contributed by atoms with van der Waals surface area (Å²) in [5.74, 6) is -0.398. The van der Waals surface area contributed by atoms with E-state index >= 15 is 0 Å². The summed E-state index contributed by atoms with van der Waals surface area (Å²) in [6.45, 7) is 1.40. The van der Waals surface area contributed by atoms with Gasteiger partial charge in [0.05, 0.1) is 6.61 Å². The van der Waals surface area contributed by atoms with Crippen molar-refractivity contribution in [1.82, 2.24) is 6.15 Å². The predicted molar refractivity (Wildman–Crippen MR) is 41.3 cm³/mol. The molecule has 0 spiro atoms. The third-order valence-corrected chi connectivity index (χ3v) is 1.18. The molecular formula is C5H11NO4S. The van der Waals surface area contributed by atoms with Gasteiger partial charge in [0.2, 0.25) is 10.3 Å². The maximum atomic E-state index is 10.1. The first-order chi connectivity index (χ1) is 4.63. The predicted octanol–water partition coefficient (Wildman–Crippen LogP) is -0.217.